The van der Waals surface area contributed by atoms with Gasteiger partial charge in [-0.3, -0.25) is 14.5 Å². The van der Waals surface area contributed by atoms with Gasteiger partial charge in [-0.05, 0) is 70.9 Å². The average molecular weight is 375 g/mol. The molecule has 134 valence electrons. The summed E-state index contributed by atoms with van der Waals surface area (Å²) >= 11 is 0.973. The van der Waals surface area contributed by atoms with Gasteiger partial charge in [0.2, 0.25) is 0 Å². The molecule has 0 bridgehead atoms. The van der Waals surface area contributed by atoms with E-state index in [-0.39, 0.29) is 17.7 Å². The highest BCUT2D eigenvalue weighted by molar-refractivity contribution is 8.18. The zero-order valence-corrected chi connectivity index (χ0v) is 15.5. The summed E-state index contributed by atoms with van der Waals surface area (Å²) in [6.07, 6.45) is 5.15. The molecule has 1 aromatic heterocycles. The van der Waals surface area contributed by atoms with Crippen molar-refractivity contribution in [2.24, 2.45) is 0 Å². The van der Waals surface area contributed by atoms with E-state index in [0.29, 0.717) is 10.7 Å². The maximum absolute atomic E-state index is 12.7. The Morgan fingerprint density at radius 3 is 2.67 bits per heavy atom. The van der Waals surface area contributed by atoms with Gasteiger partial charge in [0.05, 0.1) is 17.7 Å². The van der Waals surface area contributed by atoms with E-state index in [2.05, 4.69) is 0 Å². The molecular weight excluding hydrogens is 358 g/mol. The molecule has 0 saturated carbocycles. The molecule has 3 aromatic rings. The quantitative estimate of drug-likeness (QED) is 0.556. The molecule has 0 aliphatic carbocycles. The largest absolute Gasteiger partial charge is 0.465 e. The second kappa shape index (κ2) is 7.29. The molecule has 4 nitrogen and oxygen atoms in total. The zero-order chi connectivity index (χ0) is 18.8. The number of nitrogens with zero attached hydrogens (tertiary/aromatic N) is 1. The van der Waals surface area contributed by atoms with E-state index in [9.17, 15) is 9.59 Å². The third kappa shape index (κ3) is 3.73. The predicted molar refractivity (Wildman–Crippen MR) is 108 cm³/mol. The Morgan fingerprint density at radius 1 is 1.07 bits per heavy atom. The van der Waals surface area contributed by atoms with Crippen molar-refractivity contribution in [3.8, 4) is 0 Å². The second-order valence-corrected chi connectivity index (χ2v) is 7.35. The third-order valence-electron chi connectivity index (χ3n) is 4.30. The number of furan rings is 1. The van der Waals surface area contributed by atoms with Gasteiger partial charge in [0, 0.05) is 0 Å². The Labute approximate surface area is 161 Å². The van der Waals surface area contributed by atoms with Crippen LogP contribution >= 0.6 is 11.8 Å². The molecular formula is C22H17NO3S. The first-order valence-electron chi connectivity index (χ1n) is 8.55. The fraction of sp³-hybridized carbons (Fsp3) is 0.0909. The maximum Gasteiger partial charge on any atom is 0.293 e. The van der Waals surface area contributed by atoms with Gasteiger partial charge in [-0.2, -0.15) is 0 Å². The lowest BCUT2D eigenvalue weighted by Crippen LogP contribution is -2.27. The van der Waals surface area contributed by atoms with E-state index >= 15 is 0 Å². The standard InChI is InChI=1S/C22H17NO3S/c1-15(11-19-7-4-10-26-19)12-20-21(24)23(22(25)27-20)14-16-8-9-17-5-2-3-6-18(17)13-16/h2-13H,14H2,1H3/b15-11+,20-12-. The minimum Gasteiger partial charge on any atom is -0.465 e. The van der Waals surface area contributed by atoms with E-state index < -0.39 is 0 Å². The predicted octanol–water partition coefficient (Wildman–Crippen LogP) is 5.62. The van der Waals surface area contributed by atoms with Crippen molar-refractivity contribution in [3.63, 3.8) is 0 Å². The molecule has 2 aromatic carbocycles. The van der Waals surface area contributed by atoms with Crippen LogP contribution in [-0.4, -0.2) is 16.0 Å². The number of carbonyl (C=O) groups excluding carboxylic acids is 2. The van der Waals surface area contributed by atoms with E-state index in [0.717, 1.165) is 33.7 Å². The van der Waals surface area contributed by atoms with Crippen LogP contribution in [0, 0.1) is 0 Å². The van der Waals surface area contributed by atoms with Gasteiger partial charge < -0.3 is 4.42 Å². The maximum atomic E-state index is 12.7. The van der Waals surface area contributed by atoms with Crippen LogP contribution in [-0.2, 0) is 11.3 Å². The Bertz CT molecular complexity index is 1080. The zero-order valence-electron chi connectivity index (χ0n) is 14.7. The molecule has 0 spiro atoms. The molecule has 1 saturated heterocycles. The number of rotatable bonds is 4. The first-order valence-corrected chi connectivity index (χ1v) is 9.37. The molecule has 0 unspecified atom stereocenters. The molecule has 2 heterocycles. The van der Waals surface area contributed by atoms with Crippen LogP contribution in [0.1, 0.15) is 18.2 Å². The monoisotopic (exact) mass is 375 g/mol. The van der Waals surface area contributed by atoms with E-state index in [1.54, 1.807) is 18.4 Å². The first-order chi connectivity index (χ1) is 13.1. The molecule has 0 atom stereocenters. The van der Waals surface area contributed by atoms with Crippen LogP contribution in [0.3, 0.4) is 0 Å². The first kappa shape index (κ1) is 17.4. The summed E-state index contributed by atoms with van der Waals surface area (Å²) in [5.41, 5.74) is 1.78. The summed E-state index contributed by atoms with van der Waals surface area (Å²) in [5, 5.41) is 1.98. The SMILES string of the molecule is CC(/C=C1\SC(=O)N(Cc2ccc3ccccc3c2)C1=O)=C\c1ccco1. The van der Waals surface area contributed by atoms with E-state index in [1.165, 1.54) is 4.90 Å². The molecule has 1 fully saturated rings. The van der Waals surface area contributed by atoms with Crippen molar-refractivity contribution in [3.05, 3.63) is 88.7 Å². The number of imide groups is 1. The molecule has 1 aliphatic heterocycles. The highest BCUT2D eigenvalue weighted by Gasteiger charge is 2.34. The lowest BCUT2D eigenvalue weighted by atomic mass is 10.1. The van der Waals surface area contributed by atoms with Gasteiger partial charge in [0.25, 0.3) is 11.1 Å². The van der Waals surface area contributed by atoms with Crippen molar-refractivity contribution >= 4 is 39.8 Å². The number of hydrogen-bond donors (Lipinski definition) is 0. The van der Waals surface area contributed by atoms with Crippen LogP contribution in [0.2, 0.25) is 0 Å². The van der Waals surface area contributed by atoms with Gasteiger partial charge in [-0.1, -0.05) is 36.4 Å². The normalized spacial score (nSPS) is 16.7. The van der Waals surface area contributed by atoms with Crippen molar-refractivity contribution in [1.29, 1.82) is 0 Å². The Kier molecular flexibility index (Phi) is 4.69. The van der Waals surface area contributed by atoms with Crippen LogP contribution in [0.5, 0.6) is 0 Å². The smallest absolute Gasteiger partial charge is 0.293 e. The number of benzene rings is 2. The molecule has 5 heteroatoms. The van der Waals surface area contributed by atoms with Crippen LogP contribution in [0.15, 0.2) is 81.8 Å². The number of carbonyl (C=O) groups is 2. The molecule has 0 N–H and O–H groups in total. The molecule has 2 amide bonds. The molecule has 27 heavy (non-hydrogen) atoms. The summed E-state index contributed by atoms with van der Waals surface area (Å²) in [6, 6.07) is 17.6. The van der Waals surface area contributed by atoms with Gasteiger partial charge >= 0.3 is 0 Å². The Morgan fingerprint density at radius 2 is 1.89 bits per heavy atom. The highest BCUT2D eigenvalue weighted by Crippen LogP contribution is 2.33. The topological polar surface area (TPSA) is 50.5 Å². The third-order valence-corrected chi connectivity index (χ3v) is 5.21. The highest BCUT2D eigenvalue weighted by atomic mass is 32.2. The minimum atomic E-state index is -0.259. The van der Waals surface area contributed by atoms with Gasteiger partial charge in [0.1, 0.15) is 5.76 Å². The average Bonchev–Trinajstić information content (AvgIpc) is 3.25. The molecule has 1 aliphatic rings. The van der Waals surface area contributed by atoms with Crippen LogP contribution in [0.4, 0.5) is 4.79 Å². The van der Waals surface area contributed by atoms with Gasteiger partial charge in [-0.25, -0.2) is 0 Å². The molecule has 0 radical (unpaired) electrons. The van der Waals surface area contributed by atoms with Crippen molar-refractivity contribution in [2.75, 3.05) is 0 Å². The van der Waals surface area contributed by atoms with Crippen LogP contribution in [0.25, 0.3) is 16.8 Å². The van der Waals surface area contributed by atoms with Crippen molar-refractivity contribution in [2.45, 2.75) is 13.5 Å². The van der Waals surface area contributed by atoms with Crippen molar-refractivity contribution < 1.29 is 14.0 Å². The number of allylic oxidation sites excluding steroid dienone is 2. The number of thioether (sulfide) groups is 1. The van der Waals surface area contributed by atoms with Gasteiger partial charge in [-0.15, -0.1) is 0 Å². The summed E-state index contributed by atoms with van der Waals surface area (Å²) in [6.45, 7) is 2.15. The summed E-state index contributed by atoms with van der Waals surface area (Å²) in [4.78, 5) is 26.8. The number of amides is 2. The number of hydrogen-bond acceptors (Lipinski definition) is 4. The summed E-state index contributed by atoms with van der Waals surface area (Å²) in [7, 11) is 0. The lowest BCUT2D eigenvalue weighted by molar-refractivity contribution is -0.123. The Hall–Kier alpha value is -3.05. The number of fused-ring (bicyclic) bond motifs is 1. The summed E-state index contributed by atoms with van der Waals surface area (Å²) in [5.74, 6) is 0.449. The summed E-state index contributed by atoms with van der Waals surface area (Å²) < 4.78 is 5.28. The van der Waals surface area contributed by atoms with Crippen molar-refractivity contribution in [1.82, 2.24) is 4.90 Å². The fourth-order valence-corrected chi connectivity index (χ4v) is 3.89. The van der Waals surface area contributed by atoms with Crippen LogP contribution < -0.4 is 0 Å². The second-order valence-electron chi connectivity index (χ2n) is 6.35. The van der Waals surface area contributed by atoms with E-state index in [1.807, 2.05) is 61.5 Å². The Balaban J connectivity index is 1.54. The minimum absolute atomic E-state index is 0.245. The molecule has 4 rings (SSSR count). The van der Waals surface area contributed by atoms with Gasteiger partial charge in [0.15, 0.2) is 0 Å². The fourth-order valence-electron chi connectivity index (χ4n) is 3.00. The van der Waals surface area contributed by atoms with E-state index in [4.69, 9.17) is 4.42 Å². The lowest BCUT2D eigenvalue weighted by Gasteiger charge is -2.13.